The van der Waals surface area contributed by atoms with Crippen LogP contribution in [0.4, 0.5) is 0 Å². The van der Waals surface area contributed by atoms with Gasteiger partial charge in [-0.05, 0) is 26.0 Å². The molecule has 8 nitrogen and oxygen atoms in total. The molecule has 1 aromatic heterocycles. The minimum Gasteiger partial charge on any atom is -0.497 e. The summed E-state index contributed by atoms with van der Waals surface area (Å²) >= 11 is 0. The molecule has 8 heteroatoms. The quantitative estimate of drug-likeness (QED) is 0.736. The third kappa shape index (κ3) is 3.36. The first-order valence-electron chi connectivity index (χ1n) is 7.06. The normalized spacial score (nSPS) is 10.4. The van der Waals surface area contributed by atoms with Gasteiger partial charge in [-0.2, -0.15) is 5.10 Å². The highest BCUT2D eigenvalue weighted by molar-refractivity contribution is 5.69. The largest absolute Gasteiger partial charge is 0.497 e. The number of hydrogen-bond donors (Lipinski definition) is 0. The number of carbonyl (C=O) groups excluding carboxylic acids is 1. The van der Waals surface area contributed by atoms with E-state index in [2.05, 4.69) is 5.10 Å². The van der Waals surface area contributed by atoms with Crippen LogP contribution in [0, 0.1) is 6.92 Å². The number of carbonyl (C=O) groups is 1. The molecule has 0 aliphatic rings. The molecule has 0 atom stereocenters. The van der Waals surface area contributed by atoms with E-state index in [9.17, 15) is 9.59 Å². The minimum absolute atomic E-state index is 0.237. The van der Waals surface area contributed by atoms with Crippen molar-refractivity contribution in [3.8, 4) is 17.2 Å². The Bertz CT molecular complexity index is 763. The first kappa shape index (κ1) is 16.6. The van der Waals surface area contributed by atoms with Crippen molar-refractivity contribution in [2.24, 2.45) is 0 Å². The molecule has 0 saturated carbocycles. The first-order chi connectivity index (χ1) is 11.0. The van der Waals surface area contributed by atoms with Gasteiger partial charge in [-0.25, -0.2) is 14.0 Å². The Morgan fingerprint density at radius 1 is 1.26 bits per heavy atom. The molecule has 0 aliphatic heterocycles. The van der Waals surface area contributed by atoms with Crippen molar-refractivity contribution in [1.82, 2.24) is 14.3 Å². The number of rotatable bonds is 6. The highest BCUT2D eigenvalue weighted by atomic mass is 16.5. The van der Waals surface area contributed by atoms with Crippen LogP contribution in [0.25, 0.3) is 5.69 Å². The molecule has 0 unspecified atom stereocenters. The number of aryl methyl sites for hydroxylation is 1. The van der Waals surface area contributed by atoms with Crippen molar-refractivity contribution < 1.29 is 19.0 Å². The van der Waals surface area contributed by atoms with E-state index in [0.29, 0.717) is 23.0 Å². The van der Waals surface area contributed by atoms with Gasteiger partial charge < -0.3 is 14.2 Å². The summed E-state index contributed by atoms with van der Waals surface area (Å²) in [5.41, 5.74) is 0.0740. The van der Waals surface area contributed by atoms with Gasteiger partial charge in [0, 0.05) is 6.07 Å². The number of esters is 1. The molecule has 1 aromatic carbocycles. The van der Waals surface area contributed by atoms with Gasteiger partial charge >= 0.3 is 11.7 Å². The lowest BCUT2D eigenvalue weighted by Crippen LogP contribution is -2.28. The summed E-state index contributed by atoms with van der Waals surface area (Å²) < 4.78 is 17.7. The van der Waals surface area contributed by atoms with E-state index >= 15 is 0 Å². The van der Waals surface area contributed by atoms with E-state index in [4.69, 9.17) is 14.2 Å². The standard InChI is InChI=1S/C15H19N3O5/c1-5-23-14(19)9-17-15(20)18(10(2)16-17)12-7-6-11(21-3)8-13(12)22-4/h6-8H,5,9H2,1-4H3. The summed E-state index contributed by atoms with van der Waals surface area (Å²) in [6.45, 7) is 3.39. The van der Waals surface area contributed by atoms with Crippen LogP contribution in [0.15, 0.2) is 23.0 Å². The molecule has 124 valence electrons. The molecule has 1 heterocycles. The van der Waals surface area contributed by atoms with Gasteiger partial charge in [0.2, 0.25) is 0 Å². The zero-order chi connectivity index (χ0) is 17.0. The average molecular weight is 321 g/mol. The van der Waals surface area contributed by atoms with Crippen molar-refractivity contribution in [1.29, 1.82) is 0 Å². The molecule has 0 bridgehead atoms. The van der Waals surface area contributed by atoms with E-state index in [-0.39, 0.29) is 13.2 Å². The van der Waals surface area contributed by atoms with Crippen LogP contribution in [-0.2, 0) is 16.1 Å². The fourth-order valence-electron chi connectivity index (χ4n) is 2.19. The van der Waals surface area contributed by atoms with Crippen molar-refractivity contribution >= 4 is 5.97 Å². The topological polar surface area (TPSA) is 84.6 Å². The molecule has 0 fully saturated rings. The Balaban J connectivity index is 2.47. The van der Waals surface area contributed by atoms with Crippen LogP contribution < -0.4 is 15.2 Å². The zero-order valence-corrected chi connectivity index (χ0v) is 13.5. The lowest BCUT2D eigenvalue weighted by molar-refractivity contribution is -0.144. The summed E-state index contributed by atoms with van der Waals surface area (Å²) in [4.78, 5) is 24.1. The number of ether oxygens (including phenoxy) is 3. The predicted molar refractivity (Wildman–Crippen MR) is 82.3 cm³/mol. The molecule has 0 aliphatic carbocycles. The maximum atomic E-state index is 12.5. The van der Waals surface area contributed by atoms with Gasteiger partial charge in [0.05, 0.1) is 26.5 Å². The number of benzene rings is 1. The molecular weight excluding hydrogens is 302 g/mol. The van der Waals surface area contributed by atoms with Crippen LogP contribution in [0.2, 0.25) is 0 Å². The molecule has 0 amide bonds. The second-order valence-electron chi connectivity index (χ2n) is 4.67. The van der Waals surface area contributed by atoms with Crippen LogP contribution in [0.3, 0.4) is 0 Å². The maximum Gasteiger partial charge on any atom is 0.351 e. The van der Waals surface area contributed by atoms with Crippen molar-refractivity contribution in [2.75, 3.05) is 20.8 Å². The monoisotopic (exact) mass is 321 g/mol. The minimum atomic E-state index is -0.513. The summed E-state index contributed by atoms with van der Waals surface area (Å²) in [5.74, 6) is 0.990. The van der Waals surface area contributed by atoms with Crippen LogP contribution in [0.1, 0.15) is 12.7 Å². The molecule has 0 radical (unpaired) electrons. The third-order valence-corrected chi connectivity index (χ3v) is 3.21. The van der Waals surface area contributed by atoms with E-state index < -0.39 is 11.7 Å². The van der Waals surface area contributed by atoms with E-state index in [0.717, 1.165) is 4.68 Å². The highest BCUT2D eigenvalue weighted by Gasteiger charge is 2.18. The second kappa shape index (κ2) is 6.99. The maximum absolute atomic E-state index is 12.5. The SMILES string of the molecule is CCOC(=O)Cn1nc(C)n(-c2ccc(OC)cc2OC)c1=O. The van der Waals surface area contributed by atoms with Crippen molar-refractivity contribution in [3.05, 3.63) is 34.5 Å². The van der Waals surface area contributed by atoms with E-state index in [1.165, 1.54) is 11.7 Å². The van der Waals surface area contributed by atoms with E-state index in [1.54, 1.807) is 39.2 Å². The van der Waals surface area contributed by atoms with Crippen LogP contribution >= 0.6 is 0 Å². The molecule has 0 saturated heterocycles. The fraction of sp³-hybridized carbons (Fsp3) is 0.400. The molecule has 0 spiro atoms. The number of aromatic nitrogens is 3. The van der Waals surface area contributed by atoms with Crippen molar-refractivity contribution in [2.45, 2.75) is 20.4 Å². The lowest BCUT2D eigenvalue weighted by Gasteiger charge is -2.10. The first-order valence-corrected chi connectivity index (χ1v) is 7.06. The Labute approximate surface area is 133 Å². The van der Waals surface area contributed by atoms with Crippen molar-refractivity contribution in [3.63, 3.8) is 0 Å². The predicted octanol–water partition coefficient (Wildman–Crippen LogP) is 0.923. The summed E-state index contributed by atoms with van der Waals surface area (Å²) in [7, 11) is 3.05. The van der Waals surface area contributed by atoms with Crippen LogP contribution in [0.5, 0.6) is 11.5 Å². The average Bonchev–Trinajstić information content (AvgIpc) is 2.81. The summed E-state index contributed by atoms with van der Waals surface area (Å²) in [5, 5.41) is 4.11. The Morgan fingerprint density at radius 2 is 2.00 bits per heavy atom. The highest BCUT2D eigenvalue weighted by Crippen LogP contribution is 2.27. The smallest absolute Gasteiger partial charge is 0.351 e. The summed E-state index contributed by atoms with van der Waals surface area (Å²) in [6, 6.07) is 5.08. The number of hydrogen-bond acceptors (Lipinski definition) is 6. The van der Waals surface area contributed by atoms with Gasteiger partial charge in [-0.15, -0.1) is 0 Å². The molecular formula is C15H19N3O5. The molecule has 2 rings (SSSR count). The second-order valence-corrected chi connectivity index (χ2v) is 4.67. The number of nitrogens with zero attached hydrogens (tertiary/aromatic N) is 3. The van der Waals surface area contributed by atoms with Gasteiger partial charge in [0.15, 0.2) is 0 Å². The Hall–Kier alpha value is -2.77. The fourth-order valence-corrected chi connectivity index (χ4v) is 2.19. The Kier molecular flexibility index (Phi) is 5.05. The third-order valence-electron chi connectivity index (χ3n) is 3.21. The van der Waals surface area contributed by atoms with Crippen LogP contribution in [-0.4, -0.2) is 41.1 Å². The van der Waals surface area contributed by atoms with Gasteiger partial charge in [-0.1, -0.05) is 0 Å². The molecule has 0 N–H and O–H groups in total. The molecule has 2 aromatic rings. The summed E-state index contributed by atoms with van der Waals surface area (Å²) in [6.07, 6.45) is 0. The molecule has 23 heavy (non-hydrogen) atoms. The Morgan fingerprint density at radius 3 is 2.61 bits per heavy atom. The van der Waals surface area contributed by atoms with Gasteiger partial charge in [0.25, 0.3) is 0 Å². The lowest BCUT2D eigenvalue weighted by atomic mass is 10.2. The number of methoxy groups -OCH3 is 2. The van der Waals surface area contributed by atoms with Gasteiger partial charge in [0.1, 0.15) is 23.9 Å². The van der Waals surface area contributed by atoms with E-state index in [1.807, 2.05) is 0 Å². The van der Waals surface area contributed by atoms with Gasteiger partial charge in [-0.3, -0.25) is 4.79 Å². The zero-order valence-electron chi connectivity index (χ0n) is 13.5.